The average Bonchev–Trinajstić information content (AvgIpc) is 2.58. The summed E-state index contributed by atoms with van der Waals surface area (Å²) < 4.78 is 67.3. The molecular weight excluding hydrogens is 391 g/mol. The topological polar surface area (TPSA) is 125 Å². The lowest BCUT2D eigenvalue weighted by Gasteiger charge is -2.15. The van der Waals surface area contributed by atoms with Crippen LogP contribution in [0.4, 0.5) is 24.5 Å². The molecule has 0 saturated heterocycles. The van der Waals surface area contributed by atoms with Gasteiger partial charge in [-0.1, -0.05) is 6.07 Å². The largest absolute Gasteiger partial charge is 0.497 e. The summed E-state index contributed by atoms with van der Waals surface area (Å²) in [4.78, 5) is 9.57. The number of rotatable bonds is 6. The Balaban J connectivity index is 2.39. The minimum atomic E-state index is -4.65. The minimum absolute atomic E-state index is 0.0120. The summed E-state index contributed by atoms with van der Waals surface area (Å²) in [7, 11) is -3.02. The second-order valence-corrected chi connectivity index (χ2v) is 6.95. The van der Waals surface area contributed by atoms with E-state index in [9.17, 15) is 31.7 Å². The first kappa shape index (κ1) is 20.5. The van der Waals surface area contributed by atoms with Crippen molar-refractivity contribution in [2.75, 3.05) is 12.4 Å². The predicted molar refractivity (Wildman–Crippen MR) is 89.8 cm³/mol. The molecule has 2 aromatic carbocycles. The first-order valence-corrected chi connectivity index (χ1v) is 8.76. The third-order valence-corrected chi connectivity index (χ3v) is 4.43. The molecule has 0 bridgehead atoms. The van der Waals surface area contributed by atoms with E-state index in [4.69, 9.17) is 9.88 Å². The van der Waals surface area contributed by atoms with Gasteiger partial charge in [0, 0.05) is 24.4 Å². The number of nitro benzene ring substituents is 1. The number of methoxy groups -OCH3 is 1. The van der Waals surface area contributed by atoms with E-state index >= 15 is 0 Å². The zero-order valence-corrected chi connectivity index (χ0v) is 14.6. The number of nitrogens with zero attached hydrogens (tertiary/aromatic N) is 1. The maximum atomic E-state index is 13.2. The van der Waals surface area contributed by atoms with Crippen LogP contribution in [0.15, 0.2) is 41.3 Å². The number of hydrogen-bond acceptors (Lipinski definition) is 6. The van der Waals surface area contributed by atoms with Crippen molar-refractivity contribution in [1.29, 1.82) is 0 Å². The Labute approximate surface area is 151 Å². The van der Waals surface area contributed by atoms with E-state index in [0.717, 1.165) is 24.3 Å². The monoisotopic (exact) mass is 405 g/mol. The molecule has 0 aliphatic heterocycles. The van der Waals surface area contributed by atoms with Crippen LogP contribution in [0.3, 0.4) is 0 Å². The third-order valence-electron chi connectivity index (χ3n) is 3.54. The van der Waals surface area contributed by atoms with Crippen molar-refractivity contribution >= 4 is 21.4 Å². The summed E-state index contributed by atoms with van der Waals surface area (Å²) >= 11 is 0. The van der Waals surface area contributed by atoms with Gasteiger partial charge in [-0.3, -0.25) is 10.1 Å². The Morgan fingerprint density at radius 2 is 1.89 bits per heavy atom. The number of anilines is 1. The Hall–Kier alpha value is -2.86. The summed E-state index contributed by atoms with van der Waals surface area (Å²) in [6.07, 6.45) is -4.65. The van der Waals surface area contributed by atoms with Crippen LogP contribution in [-0.4, -0.2) is 20.5 Å². The smallest absolute Gasteiger partial charge is 0.416 e. The number of sulfonamides is 1. The number of nitrogens with two attached hydrogens (primary N) is 1. The predicted octanol–water partition coefficient (Wildman–Crippen LogP) is 2.88. The van der Waals surface area contributed by atoms with Gasteiger partial charge in [-0.15, -0.1) is 0 Å². The van der Waals surface area contributed by atoms with Gasteiger partial charge in [0.1, 0.15) is 5.75 Å². The molecule has 0 aliphatic rings. The van der Waals surface area contributed by atoms with Crippen molar-refractivity contribution in [3.63, 3.8) is 0 Å². The highest BCUT2D eigenvalue weighted by Crippen LogP contribution is 2.35. The number of hydrogen-bond donors (Lipinski definition) is 2. The van der Waals surface area contributed by atoms with E-state index in [1.807, 2.05) is 0 Å². The highest BCUT2D eigenvalue weighted by atomic mass is 32.2. The summed E-state index contributed by atoms with van der Waals surface area (Å²) in [6.45, 7) is -0.371. The number of non-ortho nitro benzene ring substituents is 1. The van der Waals surface area contributed by atoms with Crippen LogP contribution in [0.5, 0.6) is 5.75 Å². The van der Waals surface area contributed by atoms with Crippen LogP contribution in [0.25, 0.3) is 0 Å². The number of primary sulfonamides is 1. The van der Waals surface area contributed by atoms with E-state index in [1.54, 1.807) is 0 Å². The Bertz CT molecular complexity index is 977. The number of alkyl halides is 3. The SMILES string of the molecule is COc1ccc(CNc2cc([N+](=O)[O-])cc(S(N)(=O)=O)c2)c(C(F)(F)F)c1. The fraction of sp³-hybridized carbons (Fsp3) is 0.200. The van der Waals surface area contributed by atoms with Crippen molar-refractivity contribution in [1.82, 2.24) is 0 Å². The van der Waals surface area contributed by atoms with Crippen LogP contribution < -0.4 is 15.2 Å². The molecule has 2 rings (SSSR count). The van der Waals surface area contributed by atoms with Crippen LogP contribution in [0.1, 0.15) is 11.1 Å². The molecule has 146 valence electrons. The molecule has 0 aromatic heterocycles. The van der Waals surface area contributed by atoms with Crippen molar-refractivity contribution in [2.45, 2.75) is 17.6 Å². The van der Waals surface area contributed by atoms with Gasteiger partial charge in [0.05, 0.1) is 22.5 Å². The standard InChI is InChI=1S/C15H14F3N3O5S/c1-26-12-3-2-9(14(7-12)15(16,17)18)8-20-10-4-11(21(22)23)6-13(5-10)27(19,24)25/h2-7,20H,8H2,1H3,(H2,19,24,25). The fourth-order valence-electron chi connectivity index (χ4n) is 2.25. The number of nitrogens with one attached hydrogen (secondary N) is 1. The summed E-state index contributed by atoms with van der Waals surface area (Å²) in [6, 6.07) is 6.09. The molecule has 2 aromatic rings. The molecule has 0 saturated carbocycles. The maximum Gasteiger partial charge on any atom is 0.416 e. The van der Waals surface area contributed by atoms with Crippen molar-refractivity contribution in [2.24, 2.45) is 5.14 Å². The summed E-state index contributed by atoms with van der Waals surface area (Å²) in [5.41, 5.74) is -1.76. The van der Waals surface area contributed by atoms with Crippen LogP contribution in [0.2, 0.25) is 0 Å². The van der Waals surface area contributed by atoms with Gasteiger partial charge < -0.3 is 10.1 Å². The van der Waals surface area contributed by atoms with Crippen LogP contribution >= 0.6 is 0 Å². The Kier molecular flexibility index (Phi) is 5.61. The number of halogens is 3. The van der Waals surface area contributed by atoms with E-state index in [0.29, 0.717) is 0 Å². The first-order chi connectivity index (χ1) is 12.4. The zero-order chi connectivity index (χ0) is 20.4. The van der Waals surface area contributed by atoms with Gasteiger partial charge >= 0.3 is 6.18 Å². The quantitative estimate of drug-likeness (QED) is 0.562. The number of benzene rings is 2. The molecule has 0 heterocycles. The highest BCUT2D eigenvalue weighted by Gasteiger charge is 2.33. The van der Waals surface area contributed by atoms with Gasteiger partial charge in [-0.2, -0.15) is 13.2 Å². The van der Waals surface area contributed by atoms with Gasteiger partial charge in [-0.25, -0.2) is 13.6 Å². The molecule has 0 fully saturated rings. The summed E-state index contributed by atoms with van der Waals surface area (Å²) in [5.74, 6) is 0.0120. The summed E-state index contributed by atoms with van der Waals surface area (Å²) in [5, 5.41) is 18.5. The third kappa shape index (κ3) is 5.08. The molecule has 0 radical (unpaired) electrons. The highest BCUT2D eigenvalue weighted by molar-refractivity contribution is 7.89. The minimum Gasteiger partial charge on any atom is -0.497 e. The Morgan fingerprint density at radius 1 is 1.22 bits per heavy atom. The number of ether oxygens (including phenoxy) is 1. The van der Waals surface area contributed by atoms with E-state index in [2.05, 4.69) is 5.32 Å². The van der Waals surface area contributed by atoms with Crippen LogP contribution in [-0.2, 0) is 22.7 Å². The molecule has 0 spiro atoms. The molecule has 0 amide bonds. The average molecular weight is 405 g/mol. The fourth-order valence-corrected chi connectivity index (χ4v) is 2.83. The van der Waals surface area contributed by atoms with Gasteiger partial charge in [0.15, 0.2) is 0 Å². The zero-order valence-electron chi connectivity index (χ0n) is 13.8. The molecule has 8 nitrogen and oxygen atoms in total. The van der Waals surface area contributed by atoms with E-state index < -0.39 is 37.3 Å². The molecular formula is C15H14F3N3O5S. The molecule has 0 unspecified atom stereocenters. The lowest BCUT2D eigenvalue weighted by molar-refractivity contribution is -0.385. The molecule has 0 aliphatic carbocycles. The molecule has 27 heavy (non-hydrogen) atoms. The second kappa shape index (κ2) is 7.40. The Morgan fingerprint density at radius 3 is 2.41 bits per heavy atom. The van der Waals surface area contributed by atoms with Gasteiger partial charge in [0.25, 0.3) is 5.69 Å². The number of nitro groups is 1. The molecule has 12 heteroatoms. The van der Waals surface area contributed by atoms with Crippen LogP contribution in [0, 0.1) is 10.1 Å². The molecule has 3 N–H and O–H groups in total. The second-order valence-electron chi connectivity index (χ2n) is 5.39. The van der Waals surface area contributed by atoms with Crippen molar-refractivity contribution < 1.29 is 31.2 Å². The lowest BCUT2D eigenvalue weighted by atomic mass is 10.1. The van der Waals surface area contributed by atoms with Crippen molar-refractivity contribution in [3.05, 3.63) is 57.6 Å². The lowest BCUT2D eigenvalue weighted by Crippen LogP contribution is -2.14. The first-order valence-electron chi connectivity index (χ1n) is 7.22. The maximum absolute atomic E-state index is 13.2. The van der Waals surface area contributed by atoms with Gasteiger partial charge in [-0.05, 0) is 23.8 Å². The van der Waals surface area contributed by atoms with Crippen molar-refractivity contribution in [3.8, 4) is 5.75 Å². The normalized spacial score (nSPS) is 11.9. The van der Waals surface area contributed by atoms with E-state index in [1.165, 1.54) is 19.2 Å². The molecule has 0 atom stereocenters. The van der Waals surface area contributed by atoms with E-state index in [-0.39, 0.29) is 23.5 Å². The van der Waals surface area contributed by atoms with Gasteiger partial charge in [0.2, 0.25) is 10.0 Å².